The van der Waals surface area contributed by atoms with E-state index in [-0.39, 0.29) is 13.0 Å². The fraction of sp³-hybridized carbons (Fsp3) is 0.222. The van der Waals surface area contributed by atoms with Crippen LogP contribution in [0.2, 0.25) is 0 Å². The average molecular weight is 459 g/mol. The molecule has 7 heteroatoms. The summed E-state index contributed by atoms with van der Waals surface area (Å²) in [5.74, 6) is -1.67. The minimum Gasteiger partial charge on any atom is -0.483 e. The van der Waals surface area contributed by atoms with Crippen LogP contribution in [0.4, 0.5) is 0 Å². The summed E-state index contributed by atoms with van der Waals surface area (Å²) in [7, 11) is 0. The van der Waals surface area contributed by atoms with Crippen LogP contribution in [0, 0.1) is 6.92 Å². The van der Waals surface area contributed by atoms with Crippen LogP contribution < -0.4 is 10.1 Å². The van der Waals surface area contributed by atoms with Gasteiger partial charge < -0.3 is 19.9 Å². The largest absolute Gasteiger partial charge is 0.483 e. The van der Waals surface area contributed by atoms with E-state index in [0.29, 0.717) is 23.3 Å². The zero-order valence-electron chi connectivity index (χ0n) is 18.7. The van der Waals surface area contributed by atoms with E-state index >= 15 is 0 Å². The van der Waals surface area contributed by atoms with Crippen molar-refractivity contribution in [3.63, 3.8) is 0 Å². The van der Waals surface area contributed by atoms with Gasteiger partial charge in [0.05, 0.1) is 5.56 Å². The third kappa shape index (κ3) is 5.43. The number of fused-ring (bicyclic) bond motifs is 1. The first-order chi connectivity index (χ1) is 16.4. The maximum Gasteiger partial charge on any atom is 0.339 e. The Kier molecular flexibility index (Phi) is 6.92. The van der Waals surface area contributed by atoms with E-state index in [1.54, 1.807) is 30.3 Å². The predicted molar refractivity (Wildman–Crippen MR) is 125 cm³/mol. The number of nitrogens with one attached hydrogen (secondary N) is 1. The summed E-state index contributed by atoms with van der Waals surface area (Å²) < 4.78 is 11.4. The van der Waals surface area contributed by atoms with Crippen molar-refractivity contribution in [1.82, 2.24) is 5.32 Å². The Morgan fingerprint density at radius 1 is 1.09 bits per heavy atom. The predicted octanol–water partition coefficient (Wildman–Crippen LogP) is 3.64. The Morgan fingerprint density at radius 2 is 1.82 bits per heavy atom. The second-order valence-corrected chi connectivity index (χ2v) is 8.23. The molecule has 1 aliphatic heterocycles. The van der Waals surface area contributed by atoms with E-state index < -0.39 is 30.0 Å². The number of carbonyl (C=O) groups excluding carboxylic acids is 2. The summed E-state index contributed by atoms with van der Waals surface area (Å²) in [6.45, 7) is 1.55. The normalized spacial score (nSPS) is 15.6. The Bertz CT molecular complexity index is 1210. The lowest BCUT2D eigenvalue weighted by atomic mass is 9.93. The van der Waals surface area contributed by atoms with Crippen molar-refractivity contribution in [3.8, 4) is 5.75 Å². The van der Waals surface area contributed by atoms with E-state index in [2.05, 4.69) is 5.32 Å². The third-order valence-corrected chi connectivity index (χ3v) is 5.68. The molecule has 0 fully saturated rings. The van der Waals surface area contributed by atoms with Crippen molar-refractivity contribution < 1.29 is 29.0 Å². The minimum atomic E-state index is -1.12. The topological polar surface area (TPSA) is 102 Å². The van der Waals surface area contributed by atoms with Gasteiger partial charge in [-0.3, -0.25) is 4.79 Å². The quantitative estimate of drug-likeness (QED) is 0.499. The summed E-state index contributed by atoms with van der Waals surface area (Å²) >= 11 is 0. The second kappa shape index (κ2) is 10.2. The Morgan fingerprint density at radius 3 is 2.59 bits per heavy atom. The molecule has 0 bridgehead atoms. The van der Waals surface area contributed by atoms with Crippen molar-refractivity contribution in [2.24, 2.45) is 0 Å². The number of ether oxygens (including phenoxy) is 2. The molecule has 3 aromatic rings. The summed E-state index contributed by atoms with van der Waals surface area (Å²) in [5, 5.41) is 12.0. The van der Waals surface area contributed by atoms with Crippen molar-refractivity contribution in [3.05, 3.63) is 101 Å². The molecule has 0 aliphatic carbocycles. The number of carboxylic acid groups (broad SMARTS) is 1. The van der Waals surface area contributed by atoms with Crippen LogP contribution in [0.25, 0.3) is 0 Å². The van der Waals surface area contributed by atoms with Gasteiger partial charge in [0.1, 0.15) is 17.9 Å². The maximum absolute atomic E-state index is 12.5. The van der Waals surface area contributed by atoms with Gasteiger partial charge in [0.15, 0.2) is 6.61 Å². The van der Waals surface area contributed by atoms with Gasteiger partial charge in [0.25, 0.3) is 5.91 Å². The Balaban J connectivity index is 1.45. The van der Waals surface area contributed by atoms with Gasteiger partial charge in [0, 0.05) is 18.4 Å². The molecular formula is C27H25NO6. The lowest BCUT2D eigenvalue weighted by Gasteiger charge is -2.26. The number of amides is 1. The molecular weight excluding hydrogens is 434 g/mol. The van der Waals surface area contributed by atoms with Gasteiger partial charge in [-0.15, -0.1) is 0 Å². The smallest absolute Gasteiger partial charge is 0.339 e. The zero-order valence-corrected chi connectivity index (χ0v) is 18.7. The molecule has 1 amide bonds. The molecule has 4 rings (SSSR count). The molecule has 1 heterocycles. The molecule has 2 N–H and O–H groups in total. The molecule has 7 nitrogen and oxygen atoms in total. The number of carbonyl (C=O) groups is 3. The lowest BCUT2D eigenvalue weighted by Crippen LogP contribution is -2.44. The molecule has 0 unspecified atom stereocenters. The molecule has 3 aromatic carbocycles. The number of hydrogen-bond donors (Lipinski definition) is 2. The molecule has 0 radical (unpaired) electrons. The SMILES string of the molecule is Cc1ccc(OCC(=O)N[C@H](Cc2ccccc2)C(=O)O)c([C@@H]2Cc3ccccc3C(=O)O2)c1. The minimum absolute atomic E-state index is 0.162. The van der Waals surface area contributed by atoms with Gasteiger partial charge in [-0.2, -0.15) is 0 Å². The maximum atomic E-state index is 12.5. The van der Waals surface area contributed by atoms with Crippen molar-refractivity contribution in [2.75, 3.05) is 6.61 Å². The van der Waals surface area contributed by atoms with Gasteiger partial charge in [0.2, 0.25) is 0 Å². The van der Waals surface area contributed by atoms with Crippen molar-refractivity contribution in [1.29, 1.82) is 0 Å². The third-order valence-electron chi connectivity index (χ3n) is 5.68. The highest BCUT2D eigenvalue weighted by Crippen LogP contribution is 2.35. The fourth-order valence-corrected chi connectivity index (χ4v) is 3.99. The van der Waals surface area contributed by atoms with Crippen LogP contribution in [-0.2, 0) is 27.2 Å². The molecule has 1 aliphatic rings. The van der Waals surface area contributed by atoms with Crippen LogP contribution in [0.15, 0.2) is 72.8 Å². The summed E-state index contributed by atoms with van der Waals surface area (Å²) in [4.78, 5) is 36.6. The monoisotopic (exact) mass is 459 g/mol. The van der Waals surface area contributed by atoms with Crippen LogP contribution >= 0.6 is 0 Å². The average Bonchev–Trinajstić information content (AvgIpc) is 2.83. The van der Waals surface area contributed by atoms with E-state index in [1.165, 1.54) is 0 Å². The fourth-order valence-electron chi connectivity index (χ4n) is 3.99. The lowest BCUT2D eigenvalue weighted by molar-refractivity contribution is -0.142. The van der Waals surface area contributed by atoms with E-state index in [0.717, 1.165) is 16.7 Å². The number of aryl methyl sites for hydroxylation is 1. The first kappa shape index (κ1) is 23.0. The first-order valence-corrected chi connectivity index (χ1v) is 11.0. The number of hydrogen-bond acceptors (Lipinski definition) is 5. The van der Waals surface area contributed by atoms with E-state index in [1.807, 2.05) is 49.4 Å². The number of aliphatic carboxylic acids is 1. The Labute approximate surface area is 197 Å². The number of rotatable bonds is 8. The summed E-state index contributed by atoms with van der Waals surface area (Å²) in [6, 6.07) is 20.7. The molecule has 34 heavy (non-hydrogen) atoms. The van der Waals surface area contributed by atoms with Crippen LogP contribution in [0.3, 0.4) is 0 Å². The zero-order chi connectivity index (χ0) is 24.1. The molecule has 174 valence electrons. The van der Waals surface area contributed by atoms with Crippen molar-refractivity contribution >= 4 is 17.8 Å². The standard InChI is InChI=1S/C27H25NO6/c1-17-11-12-23(21(13-17)24-15-19-9-5-6-10-20(19)27(32)34-24)33-16-25(29)28-22(26(30)31)14-18-7-3-2-4-8-18/h2-13,22,24H,14-16H2,1H3,(H,28,29)(H,30,31)/t22-,24+/m1/s1. The van der Waals surface area contributed by atoms with Gasteiger partial charge >= 0.3 is 11.9 Å². The van der Waals surface area contributed by atoms with E-state index in [4.69, 9.17) is 9.47 Å². The highest BCUT2D eigenvalue weighted by Gasteiger charge is 2.29. The summed E-state index contributed by atoms with van der Waals surface area (Å²) in [6.07, 6.45) is 0.103. The molecule has 0 aromatic heterocycles. The van der Waals surface area contributed by atoms with Crippen molar-refractivity contribution in [2.45, 2.75) is 31.9 Å². The number of carboxylic acids is 1. The summed E-state index contributed by atoms with van der Waals surface area (Å²) in [5.41, 5.74) is 3.85. The van der Waals surface area contributed by atoms with Gasteiger partial charge in [-0.05, 0) is 36.2 Å². The second-order valence-electron chi connectivity index (χ2n) is 8.23. The Hall–Kier alpha value is -4.13. The number of cyclic esters (lactones) is 1. The van der Waals surface area contributed by atoms with E-state index in [9.17, 15) is 19.5 Å². The molecule has 0 saturated carbocycles. The van der Waals surface area contributed by atoms with Gasteiger partial charge in [-0.25, -0.2) is 9.59 Å². The number of benzene rings is 3. The highest BCUT2D eigenvalue weighted by atomic mass is 16.5. The van der Waals surface area contributed by atoms with Crippen LogP contribution in [0.1, 0.15) is 38.7 Å². The molecule has 0 spiro atoms. The van der Waals surface area contributed by atoms with Gasteiger partial charge in [-0.1, -0.05) is 60.2 Å². The van der Waals surface area contributed by atoms with Crippen LogP contribution in [-0.4, -0.2) is 35.6 Å². The molecule has 2 atom stereocenters. The number of esters is 1. The first-order valence-electron chi connectivity index (χ1n) is 11.0. The van der Waals surface area contributed by atoms with Crippen LogP contribution in [0.5, 0.6) is 5.75 Å². The molecule has 0 saturated heterocycles. The highest BCUT2D eigenvalue weighted by molar-refractivity contribution is 5.92.